The zero-order valence-electron chi connectivity index (χ0n) is 11.8. The van der Waals surface area contributed by atoms with Crippen LogP contribution in [-0.2, 0) is 0 Å². The maximum absolute atomic E-state index is 12.3. The molecule has 2 amide bonds. The molecule has 3 heteroatoms. The molecule has 0 spiro atoms. The Morgan fingerprint density at radius 3 is 2.28 bits per heavy atom. The Bertz CT molecular complexity index is 259. The third-order valence-electron chi connectivity index (χ3n) is 4.56. The third-order valence-corrected chi connectivity index (χ3v) is 4.56. The van der Waals surface area contributed by atoms with Gasteiger partial charge in [0.15, 0.2) is 0 Å². The van der Waals surface area contributed by atoms with Crippen molar-refractivity contribution < 1.29 is 4.79 Å². The number of nitrogens with one attached hydrogen (secondary N) is 1. The Labute approximate surface area is 111 Å². The van der Waals surface area contributed by atoms with E-state index < -0.39 is 0 Å². The second-order valence-electron chi connectivity index (χ2n) is 6.07. The van der Waals surface area contributed by atoms with E-state index in [0.29, 0.717) is 12.0 Å². The Balaban J connectivity index is 1.84. The first-order chi connectivity index (χ1) is 8.77. The predicted molar refractivity (Wildman–Crippen MR) is 74.6 cm³/mol. The summed E-state index contributed by atoms with van der Waals surface area (Å²) in [7, 11) is 0. The van der Waals surface area contributed by atoms with E-state index in [9.17, 15) is 4.79 Å². The van der Waals surface area contributed by atoms with Crippen molar-refractivity contribution in [2.24, 2.45) is 5.92 Å². The highest BCUT2D eigenvalue weighted by Gasteiger charge is 2.24. The minimum Gasteiger partial charge on any atom is -0.335 e. The zero-order valence-corrected chi connectivity index (χ0v) is 11.8. The van der Waals surface area contributed by atoms with Crippen LogP contribution in [0.25, 0.3) is 0 Å². The average molecular weight is 252 g/mol. The van der Waals surface area contributed by atoms with Crippen molar-refractivity contribution in [3.8, 4) is 0 Å². The first-order valence-electron chi connectivity index (χ1n) is 7.83. The Morgan fingerprint density at radius 1 is 0.944 bits per heavy atom. The van der Waals surface area contributed by atoms with E-state index in [2.05, 4.69) is 12.2 Å². The maximum Gasteiger partial charge on any atom is 0.317 e. The number of carbonyl (C=O) groups is 1. The van der Waals surface area contributed by atoms with Gasteiger partial charge in [-0.2, -0.15) is 0 Å². The van der Waals surface area contributed by atoms with Crippen molar-refractivity contribution in [1.29, 1.82) is 0 Å². The van der Waals surface area contributed by atoms with Gasteiger partial charge in [-0.05, 0) is 31.6 Å². The van der Waals surface area contributed by atoms with Gasteiger partial charge in [0.05, 0.1) is 0 Å². The van der Waals surface area contributed by atoms with Gasteiger partial charge in [-0.15, -0.1) is 0 Å². The van der Waals surface area contributed by atoms with E-state index in [4.69, 9.17) is 0 Å². The molecular formula is C15H28N2O. The van der Waals surface area contributed by atoms with Crippen molar-refractivity contribution in [1.82, 2.24) is 10.2 Å². The number of amides is 2. The molecule has 2 aliphatic rings. The number of rotatable bonds is 1. The molecule has 1 N–H and O–H groups in total. The second-order valence-corrected chi connectivity index (χ2v) is 6.07. The quantitative estimate of drug-likeness (QED) is 0.711. The Kier molecular flexibility index (Phi) is 5.33. The first kappa shape index (κ1) is 13.7. The van der Waals surface area contributed by atoms with Gasteiger partial charge in [-0.1, -0.05) is 39.0 Å². The van der Waals surface area contributed by atoms with Gasteiger partial charge in [0.2, 0.25) is 0 Å². The SMILES string of the molecule is CC1CCCCCC1NC(=O)N1CCCCCC1. The molecule has 0 aromatic carbocycles. The number of likely N-dealkylation sites (tertiary alicyclic amines) is 1. The number of nitrogens with zero attached hydrogens (tertiary/aromatic N) is 1. The van der Waals surface area contributed by atoms with Gasteiger partial charge >= 0.3 is 6.03 Å². The fourth-order valence-electron chi connectivity index (χ4n) is 3.23. The van der Waals surface area contributed by atoms with E-state index in [1.165, 1.54) is 57.8 Å². The number of urea groups is 1. The molecule has 2 unspecified atom stereocenters. The molecule has 0 aromatic rings. The summed E-state index contributed by atoms with van der Waals surface area (Å²) in [5.41, 5.74) is 0. The lowest BCUT2D eigenvalue weighted by Crippen LogP contribution is -2.47. The molecule has 104 valence electrons. The summed E-state index contributed by atoms with van der Waals surface area (Å²) < 4.78 is 0. The molecule has 1 heterocycles. The largest absolute Gasteiger partial charge is 0.335 e. The van der Waals surface area contributed by atoms with Crippen molar-refractivity contribution >= 4 is 6.03 Å². The van der Waals surface area contributed by atoms with Crippen LogP contribution < -0.4 is 5.32 Å². The van der Waals surface area contributed by atoms with Crippen LogP contribution in [0.5, 0.6) is 0 Å². The molecule has 1 aliphatic heterocycles. The van der Waals surface area contributed by atoms with Crippen LogP contribution in [0.15, 0.2) is 0 Å². The maximum atomic E-state index is 12.3. The van der Waals surface area contributed by atoms with E-state index in [1.54, 1.807) is 0 Å². The Morgan fingerprint density at radius 2 is 1.56 bits per heavy atom. The van der Waals surface area contributed by atoms with Crippen molar-refractivity contribution in [2.45, 2.75) is 70.8 Å². The van der Waals surface area contributed by atoms with Gasteiger partial charge in [0, 0.05) is 19.1 Å². The minimum atomic E-state index is 0.190. The second kappa shape index (κ2) is 7.01. The number of hydrogen-bond donors (Lipinski definition) is 1. The summed E-state index contributed by atoms with van der Waals surface area (Å²) in [6.07, 6.45) is 11.3. The summed E-state index contributed by atoms with van der Waals surface area (Å²) in [6.45, 7) is 4.19. The number of carbonyl (C=O) groups excluding carboxylic acids is 1. The summed E-state index contributed by atoms with van der Waals surface area (Å²) in [5, 5.41) is 3.29. The highest BCUT2D eigenvalue weighted by Crippen LogP contribution is 2.23. The van der Waals surface area contributed by atoms with Crippen LogP contribution in [-0.4, -0.2) is 30.1 Å². The summed E-state index contributed by atoms with van der Waals surface area (Å²) in [6, 6.07) is 0.596. The molecular weight excluding hydrogens is 224 g/mol. The van der Waals surface area contributed by atoms with Crippen LogP contribution in [0.1, 0.15) is 64.7 Å². The van der Waals surface area contributed by atoms with Crippen LogP contribution >= 0.6 is 0 Å². The average Bonchev–Trinajstić information content (AvgIpc) is 2.73. The lowest BCUT2D eigenvalue weighted by Gasteiger charge is -2.27. The van der Waals surface area contributed by atoms with Gasteiger partial charge < -0.3 is 10.2 Å². The van der Waals surface area contributed by atoms with Gasteiger partial charge in [0.25, 0.3) is 0 Å². The first-order valence-corrected chi connectivity index (χ1v) is 7.83. The summed E-state index contributed by atoms with van der Waals surface area (Å²) >= 11 is 0. The topological polar surface area (TPSA) is 32.3 Å². The molecule has 1 saturated heterocycles. The van der Waals surface area contributed by atoms with Crippen LogP contribution in [0.3, 0.4) is 0 Å². The molecule has 2 fully saturated rings. The van der Waals surface area contributed by atoms with Crippen LogP contribution in [0.2, 0.25) is 0 Å². The lowest BCUT2D eigenvalue weighted by molar-refractivity contribution is 0.190. The summed E-state index contributed by atoms with van der Waals surface area (Å²) in [5.74, 6) is 0.642. The molecule has 0 radical (unpaired) electrons. The smallest absolute Gasteiger partial charge is 0.317 e. The fourth-order valence-corrected chi connectivity index (χ4v) is 3.23. The van der Waals surface area contributed by atoms with Crippen molar-refractivity contribution in [3.05, 3.63) is 0 Å². The molecule has 1 saturated carbocycles. The minimum absolute atomic E-state index is 0.190. The normalized spacial score (nSPS) is 30.4. The zero-order chi connectivity index (χ0) is 12.8. The molecule has 1 aliphatic carbocycles. The number of hydrogen-bond acceptors (Lipinski definition) is 1. The summed E-state index contributed by atoms with van der Waals surface area (Å²) in [4.78, 5) is 14.3. The highest BCUT2D eigenvalue weighted by atomic mass is 16.2. The van der Waals surface area contributed by atoms with E-state index in [-0.39, 0.29) is 6.03 Å². The third kappa shape index (κ3) is 3.89. The predicted octanol–water partition coefficient (Wildman–Crippen LogP) is 3.54. The highest BCUT2D eigenvalue weighted by molar-refractivity contribution is 5.74. The van der Waals surface area contributed by atoms with Crippen molar-refractivity contribution in [3.63, 3.8) is 0 Å². The van der Waals surface area contributed by atoms with E-state index in [1.807, 2.05) is 4.90 Å². The van der Waals surface area contributed by atoms with Crippen LogP contribution in [0.4, 0.5) is 4.79 Å². The van der Waals surface area contributed by atoms with Gasteiger partial charge in [-0.3, -0.25) is 0 Å². The molecule has 2 rings (SSSR count). The molecule has 2 atom stereocenters. The molecule has 0 bridgehead atoms. The lowest BCUT2D eigenvalue weighted by atomic mass is 9.97. The molecule has 0 aromatic heterocycles. The Hall–Kier alpha value is -0.730. The van der Waals surface area contributed by atoms with E-state index in [0.717, 1.165) is 13.1 Å². The monoisotopic (exact) mass is 252 g/mol. The van der Waals surface area contributed by atoms with Gasteiger partial charge in [0.1, 0.15) is 0 Å². The van der Waals surface area contributed by atoms with E-state index >= 15 is 0 Å². The van der Waals surface area contributed by atoms with Crippen LogP contribution in [0, 0.1) is 5.92 Å². The standard InChI is InChI=1S/C15H28N2O/c1-13-9-5-4-6-10-14(13)16-15(18)17-11-7-2-3-8-12-17/h13-14H,2-12H2,1H3,(H,16,18). The molecule has 3 nitrogen and oxygen atoms in total. The van der Waals surface area contributed by atoms with Crippen molar-refractivity contribution in [2.75, 3.05) is 13.1 Å². The fraction of sp³-hybridized carbons (Fsp3) is 0.933. The van der Waals surface area contributed by atoms with Gasteiger partial charge in [-0.25, -0.2) is 4.79 Å². The molecule has 18 heavy (non-hydrogen) atoms.